The lowest BCUT2D eigenvalue weighted by Gasteiger charge is -2.33. The van der Waals surface area contributed by atoms with Crippen molar-refractivity contribution in [2.24, 2.45) is 0 Å². The van der Waals surface area contributed by atoms with Gasteiger partial charge in [0.05, 0.1) is 22.0 Å². The Balaban J connectivity index is 2.43. The lowest BCUT2D eigenvalue weighted by atomic mass is 10.1. The van der Waals surface area contributed by atoms with E-state index in [0.717, 1.165) is 10.6 Å². The van der Waals surface area contributed by atoms with Crippen LogP contribution < -0.4 is 9.62 Å². The van der Waals surface area contributed by atoms with E-state index in [1.165, 1.54) is 11.0 Å². The van der Waals surface area contributed by atoms with E-state index >= 15 is 0 Å². The maximum Gasteiger partial charge on any atom is 0.244 e. The van der Waals surface area contributed by atoms with E-state index in [4.69, 9.17) is 34.8 Å². The quantitative estimate of drug-likeness (QED) is 0.516. The van der Waals surface area contributed by atoms with Crippen molar-refractivity contribution in [2.75, 3.05) is 17.1 Å². The van der Waals surface area contributed by atoms with Gasteiger partial charge in [-0.2, -0.15) is 0 Å². The van der Waals surface area contributed by atoms with Gasteiger partial charge in [0, 0.05) is 17.1 Å². The number of anilines is 1. The summed E-state index contributed by atoms with van der Waals surface area (Å²) >= 11 is 18.2. The SMILES string of the molecule is C[C@H](C(=O)NC(C)(C)C)N(Cc1ccc(Cl)c(Cl)c1)C(=O)CN(c1cccc(Cl)c1)S(C)(=O)=O. The summed E-state index contributed by atoms with van der Waals surface area (Å²) in [5, 5.41) is 3.83. The highest BCUT2D eigenvalue weighted by atomic mass is 35.5. The first-order valence-electron chi connectivity index (χ1n) is 10.4. The maximum atomic E-state index is 13.5. The van der Waals surface area contributed by atoms with Gasteiger partial charge in [-0.15, -0.1) is 0 Å². The van der Waals surface area contributed by atoms with Crippen LogP contribution in [0.25, 0.3) is 0 Å². The summed E-state index contributed by atoms with van der Waals surface area (Å²) in [5.74, 6) is -0.956. The Morgan fingerprint density at radius 3 is 2.21 bits per heavy atom. The zero-order valence-corrected chi connectivity index (χ0v) is 22.7. The van der Waals surface area contributed by atoms with E-state index in [2.05, 4.69) is 5.32 Å². The number of rotatable bonds is 8. The number of hydrogen-bond acceptors (Lipinski definition) is 4. The molecule has 0 aliphatic rings. The van der Waals surface area contributed by atoms with Crippen LogP contribution in [-0.2, 0) is 26.2 Å². The minimum absolute atomic E-state index is 0.0155. The molecule has 186 valence electrons. The number of hydrogen-bond donors (Lipinski definition) is 1. The van der Waals surface area contributed by atoms with Crippen LogP contribution in [0, 0.1) is 0 Å². The topological polar surface area (TPSA) is 86.8 Å². The molecule has 1 N–H and O–H groups in total. The zero-order chi connectivity index (χ0) is 25.8. The van der Waals surface area contributed by atoms with Crippen molar-refractivity contribution in [3.8, 4) is 0 Å². The van der Waals surface area contributed by atoms with Gasteiger partial charge in [0.15, 0.2) is 0 Å². The first-order valence-corrected chi connectivity index (χ1v) is 13.4. The molecule has 2 aromatic rings. The summed E-state index contributed by atoms with van der Waals surface area (Å²) in [6.07, 6.45) is 1.00. The van der Waals surface area contributed by atoms with Crippen LogP contribution in [-0.4, -0.2) is 49.5 Å². The van der Waals surface area contributed by atoms with Crippen molar-refractivity contribution in [3.63, 3.8) is 0 Å². The molecule has 0 aliphatic carbocycles. The van der Waals surface area contributed by atoms with Crippen molar-refractivity contribution < 1.29 is 18.0 Å². The second kappa shape index (κ2) is 11.2. The van der Waals surface area contributed by atoms with Gasteiger partial charge in [0.25, 0.3) is 0 Å². The summed E-state index contributed by atoms with van der Waals surface area (Å²) in [6, 6.07) is 10.2. The van der Waals surface area contributed by atoms with E-state index in [1.54, 1.807) is 43.3 Å². The molecule has 11 heteroatoms. The molecule has 0 unspecified atom stereocenters. The molecule has 0 aromatic heterocycles. The van der Waals surface area contributed by atoms with Crippen LogP contribution in [0.15, 0.2) is 42.5 Å². The molecule has 2 rings (SSSR count). The predicted octanol–water partition coefficient (Wildman–Crippen LogP) is 4.74. The van der Waals surface area contributed by atoms with Gasteiger partial charge >= 0.3 is 0 Å². The number of carbonyl (C=O) groups excluding carboxylic acids is 2. The molecule has 2 aromatic carbocycles. The number of halogens is 3. The molecule has 0 aliphatic heterocycles. The van der Waals surface area contributed by atoms with Gasteiger partial charge in [-0.05, 0) is 63.6 Å². The van der Waals surface area contributed by atoms with Gasteiger partial charge in [-0.25, -0.2) is 8.42 Å². The van der Waals surface area contributed by atoms with Gasteiger partial charge in [-0.3, -0.25) is 13.9 Å². The number of amides is 2. The lowest BCUT2D eigenvalue weighted by molar-refractivity contribution is -0.140. The van der Waals surface area contributed by atoms with E-state index in [-0.39, 0.29) is 18.1 Å². The molecule has 0 spiro atoms. The van der Waals surface area contributed by atoms with Gasteiger partial charge in [-0.1, -0.05) is 46.9 Å². The molecule has 0 radical (unpaired) electrons. The Labute approximate surface area is 216 Å². The number of sulfonamides is 1. The lowest BCUT2D eigenvalue weighted by Crippen LogP contribution is -2.54. The van der Waals surface area contributed by atoms with Crippen LogP contribution in [0.2, 0.25) is 15.1 Å². The standard InChI is InChI=1S/C23H28Cl3N3O4S/c1-15(22(31)27-23(2,3)4)28(13-16-9-10-19(25)20(26)11-16)21(30)14-29(34(5,32)33)18-8-6-7-17(24)12-18/h6-12,15H,13-14H2,1-5H3,(H,27,31)/t15-/m1/s1. The monoisotopic (exact) mass is 547 g/mol. The Morgan fingerprint density at radius 1 is 1.03 bits per heavy atom. The van der Waals surface area contributed by atoms with Crippen molar-refractivity contribution in [2.45, 2.75) is 45.8 Å². The highest BCUT2D eigenvalue weighted by Gasteiger charge is 2.31. The highest BCUT2D eigenvalue weighted by molar-refractivity contribution is 7.92. The Morgan fingerprint density at radius 2 is 1.68 bits per heavy atom. The van der Waals surface area contributed by atoms with Gasteiger partial charge < -0.3 is 10.2 Å². The van der Waals surface area contributed by atoms with Crippen LogP contribution >= 0.6 is 34.8 Å². The summed E-state index contributed by atoms with van der Waals surface area (Å²) in [6.45, 7) is 6.56. The third-order valence-electron chi connectivity index (χ3n) is 4.78. The average molecular weight is 549 g/mol. The van der Waals surface area contributed by atoms with Crippen molar-refractivity contribution in [3.05, 3.63) is 63.1 Å². The van der Waals surface area contributed by atoms with E-state index in [0.29, 0.717) is 20.6 Å². The Hall–Kier alpha value is -2.00. The third kappa shape index (κ3) is 8.05. The summed E-state index contributed by atoms with van der Waals surface area (Å²) in [7, 11) is -3.84. The molecule has 0 saturated heterocycles. The Bertz CT molecular complexity index is 1170. The van der Waals surface area contributed by atoms with Crippen LogP contribution in [0.4, 0.5) is 5.69 Å². The molecular weight excluding hydrogens is 521 g/mol. The summed E-state index contributed by atoms with van der Waals surface area (Å²) < 4.78 is 26.0. The maximum absolute atomic E-state index is 13.5. The molecule has 0 saturated carbocycles. The van der Waals surface area contributed by atoms with Crippen LogP contribution in [0.3, 0.4) is 0 Å². The van der Waals surface area contributed by atoms with Crippen LogP contribution in [0.5, 0.6) is 0 Å². The molecule has 34 heavy (non-hydrogen) atoms. The molecule has 0 heterocycles. The smallest absolute Gasteiger partial charge is 0.244 e. The third-order valence-corrected chi connectivity index (χ3v) is 6.89. The van der Waals surface area contributed by atoms with Crippen molar-refractivity contribution in [1.82, 2.24) is 10.2 Å². The van der Waals surface area contributed by atoms with Gasteiger partial charge in [0.1, 0.15) is 12.6 Å². The number of nitrogens with one attached hydrogen (secondary N) is 1. The van der Waals surface area contributed by atoms with Crippen LogP contribution in [0.1, 0.15) is 33.3 Å². The number of nitrogens with zero attached hydrogens (tertiary/aromatic N) is 2. The molecule has 0 fully saturated rings. The predicted molar refractivity (Wildman–Crippen MR) is 138 cm³/mol. The second-order valence-corrected chi connectivity index (χ2v) is 12.1. The fraction of sp³-hybridized carbons (Fsp3) is 0.391. The number of benzene rings is 2. The Kier molecular flexibility index (Phi) is 9.27. The molecular formula is C23H28Cl3N3O4S. The molecule has 7 nitrogen and oxygen atoms in total. The second-order valence-electron chi connectivity index (χ2n) is 8.93. The molecule has 0 bridgehead atoms. The van der Waals surface area contributed by atoms with E-state index in [9.17, 15) is 18.0 Å². The van der Waals surface area contributed by atoms with Gasteiger partial charge in [0.2, 0.25) is 21.8 Å². The first kappa shape index (κ1) is 28.2. The van der Waals surface area contributed by atoms with E-state index < -0.39 is 34.1 Å². The minimum atomic E-state index is -3.84. The number of carbonyl (C=O) groups is 2. The highest BCUT2D eigenvalue weighted by Crippen LogP contribution is 2.25. The average Bonchev–Trinajstić information content (AvgIpc) is 2.70. The normalized spacial score (nSPS) is 12.7. The minimum Gasteiger partial charge on any atom is -0.350 e. The largest absolute Gasteiger partial charge is 0.350 e. The molecule has 1 atom stereocenters. The fourth-order valence-electron chi connectivity index (χ4n) is 3.14. The van der Waals surface area contributed by atoms with E-state index in [1.807, 2.05) is 20.8 Å². The molecule has 2 amide bonds. The summed E-state index contributed by atoms with van der Waals surface area (Å²) in [4.78, 5) is 27.7. The summed E-state index contributed by atoms with van der Waals surface area (Å²) in [5.41, 5.74) is 0.347. The fourth-order valence-corrected chi connectivity index (χ4v) is 4.48. The van der Waals surface area contributed by atoms with Crippen molar-refractivity contribution >= 4 is 62.3 Å². The van der Waals surface area contributed by atoms with Crippen molar-refractivity contribution in [1.29, 1.82) is 0 Å². The zero-order valence-electron chi connectivity index (χ0n) is 19.6. The first-order chi connectivity index (χ1) is 15.6.